The third-order valence-corrected chi connectivity index (χ3v) is 3.84. The third-order valence-electron chi connectivity index (χ3n) is 3.84. The van der Waals surface area contributed by atoms with Crippen molar-refractivity contribution in [2.24, 2.45) is 5.10 Å². The predicted molar refractivity (Wildman–Crippen MR) is 93.6 cm³/mol. The molecule has 0 spiro atoms. The molecule has 2 heterocycles. The van der Waals surface area contributed by atoms with E-state index in [2.05, 4.69) is 20.3 Å². The molecule has 162 valence electrons. The maximum absolute atomic E-state index is 13.2. The smallest absolute Gasteiger partial charge is 0.415 e. The summed E-state index contributed by atoms with van der Waals surface area (Å²) in [6.07, 6.45) is -5.56. The number of hydrogen-bond acceptors (Lipinski definition) is 6. The first-order chi connectivity index (χ1) is 14.6. The third kappa shape index (κ3) is 5.05. The largest absolute Gasteiger partial charge is 0.417 e. The summed E-state index contributed by atoms with van der Waals surface area (Å²) in [4.78, 5) is 16.3. The van der Waals surface area contributed by atoms with Crippen LogP contribution in [0.15, 0.2) is 46.0 Å². The molecule has 3 rings (SSSR count). The first-order valence-corrected chi connectivity index (χ1v) is 8.33. The van der Waals surface area contributed by atoms with Crippen molar-refractivity contribution in [2.75, 3.05) is 7.05 Å². The monoisotopic (exact) mass is 443 g/mol. The van der Waals surface area contributed by atoms with Gasteiger partial charge in [0.1, 0.15) is 5.82 Å². The number of rotatable bonds is 5. The van der Waals surface area contributed by atoms with Gasteiger partial charge in [-0.05, 0) is 30.3 Å². The summed E-state index contributed by atoms with van der Waals surface area (Å²) in [5.41, 5.74) is -1.78. The van der Waals surface area contributed by atoms with Crippen LogP contribution in [0.1, 0.15) is 33.9 Å². The lowest BCUT2D eigenvalue weighted by Crippen LogP contribution is -2.25. The molecule has 0 saturated carbocycles. The Hall–Kier alpha value is -3.77. The Bertz CT molecular complexity index is 1110. The Morgan fingerprint density at radius 2 is 1.94 bits per heavy atom. The average Bonchev–Trinajstić information content (AvgIpc) is 3.22. The molecule has 0 aliphatic heterocycles. The lowest BCUT2D eigenvalue weighted by atomic mass is 10.1. The van der Waals surface area contributed by atoms with Crippen molar-refractivity contribution in [3.05, 3.63) is 65.1 Å². The van der Waals surface area contributed by atoms with Crippen LogP contribution in [0.25, 0.3) is 11.5 Å². The molecule has 3 aromatic rings. The summed E-state index contributed by atoms with van der Waals surface area (Å²) in [6.45, 7) is 0. The van der Waals surface area contributed by atoms with E-state index in [-0.39, 0.29) is 23.2 Å². The molecular weight excluding hydrogens is 432 g/mol. The molecule has 7 nitrogen and oxygen atoms in total. The number of carbonyl (C=O) groups is 1. The summed E-state index contributed by atoms with van der Waals surface area (Å²) < 4.78 is 82.2. The highest BCUT2D eigenvalue weighted by atomic mass is 19.4. The zero-order chi connectivity index (χ0) is 22.8. The van der Waals surface area contributed by atoms with Crippen molar-refractivity contribution in [1.82, 2.24) is 20.2 Å². The number of pyridine rings is 1. The second-order valence-corrected chi connectivity index (χ2v) is 5.98. The minimum Gasteiger partial charge on any atom is -0.415 e. The van der Waals surface area contributed by atoms with Crippen molar-refractivity contribution >= 4 is 12.1 Å². The summed E-state index contributed by atoms with van der Waals surface area (Å²) in [7, 11) is 1.11. The van der Waals surface area contributed by atoms with Crippen molar-refractivity contribution in [3.63, 3.8) is 0 Å². The number of hydrogen-bond donors (Lipinski definition) is 0. The molecule has 0 fully saturated rings. The van der Waals surface area contributed by atoms with Crippen molar-refractivity contribution in [1.29, 1.82) is 0 Å². The average molecular weight is 443 g/mol. The standard InChI is InChI=1S/C18H11F6N5O2/c1-29(17(30)12-5-3-10(19)6-13(12)18(22,23)24)26-8-11-4-2-9(7-25-11)15-27-28-16(31-15)14(20)21/h2-8,14H,1H3/b26-8+. The fourth-order valence-electron chi connectivity index (χ4n) is 2.36. The quantitative estimate of drug-likeness (QED) is 0.333. The van der Waals surface area contributed by atoms with Gasteiger partial charge >= 0.3 is 12.6 Å². The van der Waals surface area contributed by atoms with Crippen LogP contribution < -0.4 is 0 Å². The second kappa shape index (κ2) is 8.53. The first-order valence-electron chi connectivity index (χ1n) is 8.33. The SMILES string of the molecule is CN(/N=C/c1ccc(-c2nnc(C(F)F)o2)cn1)C(=O)c1ccc(F)cc1C(F)(F)F. The van der Waals surface area contributed by atoms with Crippen LogP contribution in [0.3, 0.4) is 0 Å². The van der Waals surface area contributed by atoms with E-state index in [1.165, 1.54) is 18.3 Å². The highest BCUT2D eigenvalue weighted by Gasteiger charge is 2.36. The summed E-state index contributed by atoms with van der Waals surface area (Å²) >= 11 is 0. The number of amides is 1. The Balaban J connectivity index is 1.75. The minimum absolute atomic E-state index is 0.186. The Kier molecular flexibility index (Phi) is 6.04. The molecule has 0 aliphatic rings. The van der Waals surface area contributed by atoms with Gasteiger partial charge in [0.15, 0.2) is 0 Å². The molecule has 0 radical (unpaired) electrons. The maximum atomic E-state index is 13.2. The van der Waals surface area contributed by atoms with E-state index in [0.717, 1.165) is 25.4 Å². The Morgan fingerprint density at radius 1 is 1.19 bits per heavy atom. The zero-order valence-electron chi connectivity index (χ0n) is 15.4. The highest BCUT2D eigenvalue weighted by Crippen LogP contribution is 2.33. The van der Waals surface area contributed by atoms with Crippen molar-refractivity contribution in [3.8, 4) is 11.5 Å². The summed E-state index contributed by atoms with van der Waals surface area (Å²) in [6, 6.07) is 4.46. The van der Waals surface area contributed by atoms with Crippen molar-refractivity contribution < 1.29 is 35.6 Å². The lowest BCUT2D eigenvalue weighted by Gasteiger charge is -2.16. The van der Waals surface area contributed by atoms with Crippen molar-refractivity contribution in [2.45, 2.75) is 12.6 Å². The fraction of sp³-hybridized carbons (Fsp3) is 0.167. The second-order valence-electron chi connectivity index (χ2n) is 5.98. The number of halogens is 6. The first kappa shape index (κ1) is 21.9. The van der Waals surface area contributed by atoms with Crippen LogP contribution in [-0.4, -0.2) is 39.4 Å². The number of aromatic nitrogens is 3. The van der Waals surface area contributed by atoms with Gasteiger partial charge in [-0.25, -0.2) is 9.40 Å². The van der Waals surface area contributed by atoms with Gasteiger partial charge in [0.2, 0.25) is 5.89 Å². The molecule has 2 aromatic heterocycles. The number of benzene rings is 1. The fourth-order valence-corrected chi connectivity index (χ4v) is 2.36. The van der Waals surface area contributed by atoms with Gasteiger partial charge < -0.3 is 4.42 Å². The Labute approximate surface area is 170 Å². The van der Waals surface area contributed by atoms with E-state index in [1.807, 2.05) is 0 Å². The molecule has 31 heavy (non-hydrogen) atoms. The molecule has 0 bridgehead atoms. The molecule has 13 heteroatoms. The number of carbonyl (C=O) groups excluding carboxylic acids is 1. The van der Waals surface area contributed by atoms with Crippen LogP contribution in [-0.2, 0) is 6.18 Å². The van der Waals surface area contributed by atoms with Crippen LogP contribution in [0, 0.1) is 5.82 Å². The Morgan fingerprint density at radius 3 is 2.52 bits per heavy atom. The highest BCUT2D eigenvalue weighted by molar-refractivity contribution is 5.96. The lowest BCUT2D eigenvalue weighted by molar-refractivity contribution is -0.138. The maximum Gasteiger partial charge on any atom is 0.417 e. The minimum atomic E-state index is -4.94. The molecule has 0 saturated heterocycles. The summed E-state index contributed by atoms with van der Waals surface area (Å²) in [5.74, 6) is -3.29. The van der Waals surface area contributed by atoms with E-state index < -0.39 is 41.3 Å². The van der Waals surface area contributed by atoms with Crippen LogP contribution >= 0.6 is 0 Å². The molecule has 0 unspecified atom stereocenters. The van der Waals surface area contributed by atoms with Crippen LogP contribution in [0.5, 0.6) is 0 Å². The molecular formula is C18H11F6N5O2. The number of hydrazone groups is 1. The topological polar surface area (TPSA) is 84.5 Å². The number of alkyl halides is 5. The van der Waals surface area contributed by atoms with E-state index in [9.17, 15) is 31.1 Å². The summed E-state index contributed by atoms with van der Waals surface area (Å²) in [5, 5.41) is 11.0. The molecule has 0 N–H and O–H groups in total. The van der Waals surface area contributed by atoms with Gasteiger partial charge in [-0.2, -0.15) is 27.1 Å². The van der Waals surface area contributed by atoms with E-state index >= 15 is 0 Å². The normalized spacial score (nSPS) is 12.0. The predicted octanol–water partition coefficient (Wildman–Crippen LogP) is 4.33. The molecule has 0 aliphatic carbocycles. The van der Waals surface area contributed by atoms with Gasteiger partial charge in [-0.15, -0.1) is 10.2 Å². The van der Waals surface area contributed by atoms with E-state index in [0.29, 0.717) is 5.01 Å². The molecule has 1 amide bonds. The van der Waals surface area contributed by atoms with E-state index in [1.54, 1.807) is 0 Å². The van der Waals surface area contributed by atoms with Gasteiger partial charge in [0, 0.05) is 13.2 Å². The zero-order valence-corrected chi connectivity index (χ0v) is 15.4. The van der Waals surface area contributed by atoms with Gasteiger partial charge in [-0.1, -0.05) is 0 Å². The van der Waals surface area contributed by atoms with E-state index in [4.69, 9.17) is 4.42 Å². The van der Waals surface area contributed by atoms with Gasteiger partial charge in [0.05, 0.1) is 28.6 Å². The molecule has 0 atom stereocenters. The van der Waals surface area contributed by atoms with Crippen LogP contribution in [0.2, 0.25) is 0 Å². The molecule has 1 aromatic carbocycles. The number of nitrogens with zero attached hydrogens (tertiary/aromatic N) is 5. The van der Waals surface area contributed by atoms with Crippen LogP contribution in [0.4, 0.5) is 26.3 Å². The van der Waals surface area contributed by atoms with Gasteiger partial charge in [0.25, 0.3) is 11.8 Å². The van der Waals surface area contributed by atoms with Gasteiger partial charge in [-0.3, -0.25) is 9.78 Å².